The molecule has 1 fully saturated rings. The number of nitrogens with zero attached hydrogens (tertiary/aromatic N) is 1. The molecule has 1 unspecified atom stereocenters. The molecule has 0 spiro atoms. The zero-order valence-electron chi connectivity index (χ0n) is 13.2. The molecule has 0 aliphatic carbocycles. The Balaban J connectivity index is 1.91. The molecule has 2 aromatic rings. The highest BCUT2D eigenvalue weighted by molar-refractivity contribution is 6.42. The predicted molar refractivity (Wildman–Crippen MR) is 95.2 cm³/mol. The Morgan fingerprint density at radius 2 is 2.16 bits per heavy atom. The van der Waals surface area contributed by atoms with Crippen molar-refractivity contribution in [1.29, 1.82) is 0 Å². The van der Waals surface area contributed by atoms with E-state index < -0.39 is 18.1 Å². The number of carbonyl (C=O) groups excluding carboxylic acids is 1. The summed E-state index contributed by atoms with van der Waals surface area (Å²) in [6.45, 7) is 1.71. The molecule has 6 nitrogen and oxygen atoms in total. The molecule has 3 N–H and O–H groups in total. The molecule has 1 aliphatic heterocycles. The number of hydrogen-bond acceptors (Lipinski definition) is 5. The molecule has 1 aromatic heterocycles. The van der Waals surface area contributed by atoms with Gasteiger partial charge in [-0.1, -0.05) is 29.3 Å². The quantitative estimate of drug-likeness (QED) is 0.849. The third-order valence-corrected chi connectivity index (χ3v) is 4.57. The highest BCUT2D eigenvalue weighted by atomic mass is 35.5. The normalized spacial score (nSPS) is 20.7. The van der Waals surface area contributed by atoms with Gasteiger partial charge in [0.2, 0.25) is 5.88 Å². The molecule has 0 saturated carbocycles. The lowest BCUT2D eigenvalue weighted by Crippen LogP contribution is -2.35. The predicted octanol–water partition coefficient (Wildman–Crippen LogP) is 2.60. The van der Waals surface area contributed by atoms with Gasteiger partial charge in [0.25, 0.3) is 5.91 Å². The van der Waals surface area contributed by atoms with Crippen LogP contribution in [-0.2, 0) is 4.74 Å². The van der Waals surface area contributed by atoms with E-state index in [9.17, 15) is 4.79 Å². The van der Waals surface area contributed by atoms with Crippen molar-refractivity contribution in [2.24, 2.45) is 5.73 Å². The molecular weight excluding hydrogens is 365 g/mol. The first-order valence-corrected chi connectivity index (χ1v) is 8.50. The van der Waals surface area contributed by atoms with Crippen LogP contribution < -0.4 is 15.8 Å². The number of ether oxygens (including phenoxy) is 2. The molecule has 0 bridgehead atoms. The lowest BCUT2D eigenvalue weighted by molar-refractivity contribution is -0.0103. The van der Waals surface area contributed by atoms with Gasteiger partial charge < -0.3 is 20.5 Å². The molecule has 2 heterocycles. The van der Waals surface area contributed by atoms with Crippen LogP contribution in [0.3, 0.4) is 0 Å². The average molecular weight is 382 g/mol. The minimum Gasteiger partial charge on any atom is -0.469 e. The number of pyridine rings is 1. The van der Waals surface area contributed by atoms with E-state index in [0.29, 0.717) is 29.7 Å². The minimum absolute atomic E-state index is 0.178. The molecule has 3 rings (SSSR count). The lowest BCUT2D eigenvalue weighted by atomic mass is 10.0. The summed E-state index contributed by atoms with van der Waals surface area (Å²) in [5.41, 5.74) is 6.45. The van der Waals surface area contributed by atoms with Crippen LogP contribution in [0.25, 0.3) is 0 Å². The van der Waals surface area contributed by atoms with Crippen molar-refractivity contribution < 1.29 is 14.3 Å². The van der Waals surface area contributed by atoms with E-state index in [1.165, 1.54) is 0 Å². The Morgan fingerprint density at radius 1 is 1.32 bits per heavy atom. The van der Waals surface area contributed by atoms with Crippen LogP contribution in [0.2, 0.25) is 10.0 Å². The Labute approximate surface area is 155 Å². The van der Waals surface area contributed by atoms with Crippen molar-refractivity contribution in [2.75, 3.05) is 19.7 Å². The van der Waals surface area contributed by atoms with Gasteiger partial charge in [0.15, 0.2) is 0 Å². The number of nitrogens with two attached hydrogens (primary N) is 1. The van der Waals surface area contributed by atoms with Crippen molar-refractivity contribution in [2.45, 2.75) is 12.2 Å². The van der Waals surface area contributed by atoms with Gasteiger partial charge in [-0.3, -0.25) is 4.79 Å². The summed E-state index contributed by atoms with van der Waals surface area (Å²) in [7, 11) is 0. The van der Waals surface area contributed by atoms with E-state index in [2.05, 4.69) is 10.3 Å². The second kappa shape index (κ2) is 8.01. The van der Waals surface area contributed by atoms with Crippen LogP contribution in [0.5, 0.6) is 5.88 Å². The second-order valence-corrected chi connectivity index (χ2v) is 6.36. The number of benzene rings is 1. The third-order valence-electron chi connectivity index (χ3n) is 3.83. The monoisotopic (exact) mass is 381 g/mol. The average Bonchev–Trinajstić information content (AvgIpc) is 2.83. The molecule has 8 heteroatoms. The van der Waals surface area contributed by atoms with Crippen LogP contribution in [-0.4, -0.2) is 36.7 Å². The summed E-state index contributed by atoms with van der Waals surface area (Å²) in [6.07, 6.45) is 0.723. The van der Waals surface area contributed by atoms with Gasteiger partial charge in [0.1, 0.15) is 17.8 Å². The minimum atomic E-state index is -0.600. The van der Waals surface area contributed by atoms with Crippen molar-refractivity contribution >= 4 is 29.1 Å². The largest absolute Gasteiger partial charge is 0.469 e. The molecule has 25 heavy (non-hydrogen) atoms. The number of amides is 1. The molecule has 1 amide bonds. The third kappa shape index (κ3) is 4.22. The van der Waals surface area contributed by atoms with Crippen LogP contribution in [0, 0.1) is 0 Å². The zero-order valence-corrected chi connectivity index (χ0v) is 14.8. The Bertz CT molecular complexity index is 773. The Kier molecular flexibility index (Phi) is 5.75. The molecule has 132 valence electrons. The van der Waals surface area contributed by atoms with E-state index in [-0.39, 0.29) is 11.4 Å². The fraction of sp³-hybridized carbons (Fsp3) is 0.294. The fourth-order valence-corrected chi connectivity index (χ4v) is 2.94. The van der Waals surface area contributed by atoms with Crippen LogP contribution >= 0.6 is 23.2 Å². The number of rotatable bonds is 4. The summed E-state index contributed by atoms with van der Waals surface area (Å²) >= 11 is 12.1. The van der Waals surface area contributed by atoms with Crippen molar-refractivity contribution in [3.8, 4) is 5.88 Å². The number of nitrogens with one attached hydrogen (secondary N) is 1. The Hall–Kier alpha value is -1.86. The first-order chi connectivity index (χ1) is 12.1. The fourth-order valence-electron chi connectivity index (χ4n) is 2.64. The van der Waals surface area contributed by atoms with E-state index in [1.807, 2.05) is 6.07 Å². The van der Waals surface area contributed by atoms with Crippen molar-refractivity contribution in [1.82, 2.24) is 10.3 Å². The molecule has 2 atom stereocenters. The highest BCUT2D eigenvalue weighted by Crippen LogP contribution is 2.31. The van der Waals surface area contributed by atoms with Gasteiger partial charge >= 0.3 is 0 Å². The Morgan fingerprint density at radius 3 is 2.92 bits per heavy atom. The lowest BCUT2D eigenvalue weighted by Gasteiger charge is -2.26. The van der Waals surface area contributed by atoms with Gasteiger partial charge in [0.05, 0.1) is 16.7 Å². The van der Waals surface area contributed by atoms with E-state index in [0.717, 1.165) is 5.56 Å². The smallest absolute Gasteiger partial charge is 0.254 e. The summed E-state index contributed by atoms with van der Waals surface area (Å²) < 4.78 is 11.9. The van der Waals surface area contributed by atoms with Gasteiger partial charge in [-0.15, -0.1) is 0 Å². The molecule has 0 radical (unpaired) electrons. The first kappa shape index (κ1) is 17.9. The number of aromatic nitrogens is 1. The highest BCUT2D eigenvalue weighted by Gasteiger charge is 2.29. The topological polar surface area (TPSA) is 86.5 Å². The van der Waals surface area contributed by atoms with Crippen LogP contribution in [0.1, 0.15) is 22.0 Å². The molecule has 1 aliphatic rings. The maximum atomic E-state index is 11.6. The standard InChI is InChI=1S/C17H17Cl2N3O3/c18-12-4-3-10(8-13(12)19)15-14(9-21-6-7-24-15)25-17-11(16(20)23)2-1-5-22-17/h1-5,8,14-15,21H,6-7,9H2,(H2,20,23)/t14-,15?/m0/s1. The number of halogens is 2. The van der Waals surface area contributed by atoms with Gasteiger partial charge in [0, 0.05) is 19.3 Å². The number of primary amides is 1. The molecule has 1 saturated heterocycles. The molecule has 1 aromatic carbocycles. The molecular formula is C17H17Cl2N3O3. The summed E-state index contributed by atoms with van der Waals surface area (Å²) in [5, 5.41) is 4.15. The summed E-state index contributed by atoms with van der Waals surface area (Å²) in [6, 6.07) is 8.51. The van der Waals surface area contributed by atoms with Gasteiger partial charge in [-0.25, -0.2) is 4.98 Å². The maximum Gasteiger partial charge on any atom is 0.254 e. The van der Waals surface area contributed by atoms with Crippen molar-refractivity contribution in [3.63, 3.8) is 0 Å². The van der Waals surface area contributed by atoms with Crippen molar-refractivity contribution in [3.05, 3.63) is 57.7 Å². The maximum absolute atomic E-state index is 11.6. The summed E-state index contributed by atoms with van der Waals surface area (Å²) in [5.74, 6) is -0.422. The number of hydrogen-bond donors (Lipinski definition) is 2. The zero-order chi connectivity index (χ0) is 17.8. The van der Waals surface area contributed by atoms with E-state index in [1.54, 1.807) is 30.5 Å². The van der Waals surface area contributed by atoms with Gasteiger partial charge in [-0.05, 0) is 29.8 Å². The second-order valence-electron chi connectivity index (χ2n) is 5.55. The van der Waals surface area contributed by atoms with E-state index >= 15 is 0 Å². The van der Waals surface area contributed by atoms with Gasteiger partial charge in [-0.2, -0.15) is 0 Å². The number of carbonyl (C=O) groups is 1. The van der Waals surface area contributed by atoms with Crippen LogP contribution in [0.15, 0.2) is 36.5 Å². The summed E-state index contributed by atoms with van der Waals surface area (Å²) in [4.78, 5) is 15.7. The first-order valence-electron chi connectivity index (χ1n) is 7.75. The van der Waals surface area contributed by atoms with Crippen LogP contribution in [0.4, 0.5) is 0 Å². The SMILES string of the molecule is NC(=O)c1cccnc1O[C@H]1CNCCOC1c1ccc(Cl)c(Cl)c1. The van der Waals surface area contributed by atoms with E-state index in [4.69, 9.17) is 38.4 Å².